The van der Waals surface area contributed by atoms with Gasteiger partial charge in [0.15, 0.2) is 0 Å². The van der Waals surface area contributed by atoms with Crippen molar-refractivity contribution < 1.29 is 4.74 Å². The van der Waals surface area contributed by atoms with Crippen molar-refractivity contribution in [2.45, 2.75) is 6.42 Å². The maximum absolute atomic E-state index is 5.09. The zero-order valence-corrected chi connectivity index (χ0v) is 6.71. The molecule has 1 aliphatic rings. The van der Waals surface area contributed by atoms with Gasteiger partial charge in [0.25, 0.3) is 0 Å². The minimum Gasteiger partial charge on any atom is -0.501 e. The van der Waals surface area contributed by atoms with E-state index in [4.69, 9.17) is 4.74 Å². The lowest BCUT2D eigenvalue weighted by molar-refractivity contribution is 0.285. The number of ether oxygens (including phenoxy) is 1. The van der Waals surface area contributed by atoms with Gasteiger partial charge in [0.05, 0.1) is 12.9 Å². The van der Waals surface area contributed by atoms with Gasteiger partial charge in [-0.3, -0.25) is 0 Å². The highest BCUT2D eigenvalue weighted by molar-refractivity contribution is 5.35. The number of allylic oxidation sites excluding steroid dienone is 6. The molecule has 58 valence electrons. The summed E-state index contributed by atoms with van der Waals surface area (Å²) in [5, 5.41) is 0. The van der Waals surface area contributed by atoms with Gasteiger partial charge < -0.3 is 4.74 Å². The monoisotopic (exact) mass is 148 g/mol. The molecule has 0 heterocycles. The van der Waals surface area contributed by atoms with Gasteiger partial charge in [0, 0.05) is 6.42 Å². The molecule has 1 heteroatoms. The lowest BCUT2D eigenvalue weighted by Crippen LogP contribution is -1.81. The highest BCUT2D eigenvalue weighted by Gasteiger charge is 1.94. The molecule has 0 atom stereocenters. The first-order valence-electron chi connectivity index (χ1n) is 3.60. The highest BCUT2D eigenvalue weighted by Crippen LogP contribution is 2.11. The minimum atomic E-state index is 0.865. The molecular formula is C10H12O. The van der Waals surface area contributed by atoms with E-state index in [2.05, 4.69) is 12.7 Å². The quantitative estimate of drug-likeness (QED) is 0.584. The molecule has 0 aliphatic heterocycles. The highest BCUT2D eigenvalue weighted by atomic mass is 16.5. The van der Waals surface area contributed by atoms with Crippen LogP contribution in [-0.4, -0.2) is 7.11 Å². The fraction of sp³-hybridized carbons (Fsp3) is 0.200. The Balaban J connectivity index is 2.80. The Morgan fingerprint density at radius 1 is 1.55 bits per heavy atom. The van der Waals surface area contributed by atoms with E-state index in [1.54, 1.807) is 7.11 Å². The van der Waals surface area contributed by atoms with Gasteiger partial charge in [-0.05, 0) is 11.6 Å². The van der Waals surface area contributed by atoms with Crippen LogP contribution in [0.4, 0.5) is 0 Å². The molecule has 1 rings (SSSR count). The zero-order chi connectivity index (χ0) is 8.10. The van der Waals surface area contributed by atoms with Crippen LogP contribution in [0.15, 0.2) is 48.3 Å². The molecule has 0 radical (unpaired) electrons. The van der Waals surface area contributed by atoms with Crippen molar-refractivity contribution in [1.29, 1.82) is 0 Å². The predicted molar refractivity (Wildman–Crippen MR) is 47.1 cm³/mol. The molecule has 0 bridgehead atoms. The molecule has 0 aromatic rings. The van der Waals surface area contributed by atoms with Gasteiger partial charge in [-0.25, -0.2) is 0 Å². The summed E-state index contributed by atoms with van der Waals surface area (Å²) >= 11 is 0. The van der Waals surface area contributed by atoms with Gasteiger partial charge in [-0.15, -0.1) is 0 Å². The van der Waals surface area contributed by atoms with Crippen LogP contribution in [-0.2, 0) is 4.74 Å². The molecule has 0 amide bonds. The maximum Gasteiger partial charge on any atom is 0.0993 e. The first kappa shape index (κ1) is 7.86. The molecule has 0 saturated heterocycles. The lowest BCUT2D eigenvalue weighted by atomic mass is 10.2. The van der Waals surface area contributed by atoms with Crippen molar-refractivity contribution in [2.24, 2.45) is 0 Å². The van der Waals surface area contributed by atoms with Crippen molar-refractivity contribution in [3.05, 3.63) is 48.3 Å². The van der Waals surface area contributed by atoms with Crippen LogP contribution in [0, 0.1) is 0 Å². The van der Waals surface area contributed by atoms with E-state index >= 15 is 0 Å². The predicted octanol–water partition coefficient (Wildman–Crippen LogP) is 2.59. The van der Waals surface area contributed by atoms with E-state index in [9.17, 15) is 0 Å². The minimum absolute atomic E-state index is 0.865. The van der Waals surface area contributed by atoms with Crippen LogP contribution in [0.25, 0.3) is 0 Å². The smallest absolute Gasteiger partial charge is 0.0993 e. The van der Waals surface area contributed by atoms with Gasteiger partial charge in [-0.2, -0.15) is 0 Å². The van der Waals surface area contributed by atoms with Crippen LogP contribution in [0.3, 0.4) is 0 Å². The standard InChI is InChI=1S/C10H12O/c1-3-9-5-4-6-10(11-2)8-7-9/h3-5,7-8H,1,6H2,2H3. The van der Waals surface area contributed by atoms with E-state index in [1.807, 2.05) is 24.3 Å². The van der Waals surface area contributed by atoms with E-state index in [0.29, 0.717) is 0 Å². The number of methoxy groups -OCH3 is 1. The van der Waals surface area contributed by atoms with Crippen LogP contribution in [0.5, 0.6) is 0 Å². The average Bonchev–Trinajstić information content (AvgIpc) is 2.28. The van der Waals surface area contributed by atoms with Crippen molar-refractivity contribution in [3.8, 4) is 0 Å². The largest absolute Gasteiger partial charge is 0.501 e. The van der Waals surface area contributed by atoms with Gasteiger partial charge >= 0.3 is 0 Å². The average molecular weight is 148 g/mol. The van der Waals surface area contributed by atoms with Gasteiger partial charge in [-0.1, -0.05) is 30.9 Å². The van der Waals surface area contributed by atoms with Crippen molar-refractivity contribution >= 4 is 0 Å². The summed E-state index contributed by atoms with van der Waals surface area (Å²) in [6.45, 7) is 3.69. The fourth-order valence-corrected chi connectivity index (χ4v) is 0.911. The molecule has 0 N–H and O–H groups in total. The molecule has 1 nitrogen and oxygen atoms in total. The Hall–Kier alpha value is -1.24. The summed E-state index contributed by atoms with van der Waals surface area (Å²) in [7, 11) is 1.69. The summed E-state index contributed by atoms with van der Waals surface area (Å²) in [4.78, 5) is 0. The first-order chi connectivity index (χ1) is 5.36. The second kappa shape index (κ2) is 3.81. The molecule has 0 fully saturated rings. The molecule has 11 heavy (non-hydrogen) atoms. The van der Waals surface area contributed by atoms with Crippen molar-refractivity contribution in [3.63, 3.8) is 0 Å². The Bertz CT molecular complexity index is 231. The Morgan fingerprint density at radius 2 is 2.36 bits per heavy atom. The summed E-state index contributed by atoms with van der Waals surface area (Å²) in [5.74, 6) is 0.984. The molecule has 0 aromatic heterocycles. The molecule has 0 unspecified atom stereocenters. The van der Waals surface area contributed by atoms with E-state index in [0.717, 1.165) is 17.8 Å². The summed E-state index contributed by atoms with van der Waals surface area (Å²) < 4.78 is 5.09. The number of hydrogen-bond acceptors (Lipinski definition) is 1. The van der Waals surface area contributed by atoms with Crippen LogP contribution in [0.2, 0.25) is 0 Å². The lowest BCUT2D eigenvalue weighted by Gasteiger charge is -1.98. The second-order valence-corrected chi connectivity index (χ2v) is 2.31. The SMILES string of the molecule is C=CC1=CC=C(OC)CC=C1. The van der Waals surface area contributed by atoms with Crippen LogP contribution < -0.4 is 0 Å². The fourth-order valence-electron chi connectivity index (χ4n) is 0.911. The molecule has 1 aliphatic carbocycles. The third kappa shape index (κ3) is 2.11. The van der Waals surface area contributed by atoms with E-state index < -0.39 is 0 Å². The van der Waals surface area contributed by atoms with Crippen molar-refractivity contribution in [2.75, 3.05) is 7.11 Å². The Morgan fingerprint density at radius 3 is 3.00 bits per heavy atom. The summed E-state index contributed by atoms with van der Waals surface area (Å²) in [6.07, 6.45) is 10.8. The molecule has 0 aromatic carbocycles. The Labute approximate surface area is 67.4 Å². The van der Waals surface area contributed by atoms with Crippen LogP contribution in [0.1, 0.15) is 6.42 Å². The van der Waals surface area contributed by atoms with E-state index in [-0.39, 0.29) is 0 Å². The van der Waals surface area contributed by atoms with Crippen molar-refractivity contribution in [1.82, 2.24) is 0 Å². The normalized spacial score (nSPS) is 16.5. The zero-order valence-electron chi connectivity index (χ0n) is 6.71. The first-order valence-corrected chi connectivity index (χ1v) is 3.60. The Kier molecular flexibility index (Phi) is 2.73. The third-order valence-electron chi connectivity index (χ3n) is 1.59. The molecule has 0 saturated carbocycles. The number of rotatable bonds is 2. The van der Waals surface area contributed by atoms with E-state index in [1.165, 1.54) is 0 Å². The van der Waals surface area contributed by atoms with Gasteiger partial charge in [0.2, 0.25) is 0 Å². The summed E-state index contributed by atoms with van der Waals surface area (Å²) in [5.41, 5.74) is 1.12. The molecule has 0 spiro atoms. The third-order valence-corrected chi connectivity index (χ3v) is 1.59. The number of hydrogen-bond donors (Lipinski definition) is 0. The van der Waals surface area contributed by atoms with Gasteiger partial charge in [0.1, 0.15) is 0 Å². The summed E-state index contributed by atoms with van der Waals surface area (Å²) in [6, 6.07) is 0. The maximum atomic E-state index is 5.09. The topological polar surface area (TPSA) is 9.23 Å². The van der Waals surface area contributed by atoms with Crippen LogP contribution >= 0.6 is 0 Å². The molecular weight excluding hydrogens is 136 g/mol. The second-order valence-electron chi connectivity index (χ2n) is 2.31.